The van der Waals surface area contributed by atoms with Crippen molar-refractivity contribution in [2.24, 2.45) is 0 Å². The van der Waals surface area contributed by atoms with Gasteiger partial charge in [-0.3, -0.25) is 0 Å². The molecule has 0 aliphatic carbocycles. The molecule has 3 nitrogen and oxygen atoms in total. The largest absolute Gasteiger partial charge is 0.379 e. The molecule has 106 valence electrons. The number of alkyl halides is 1. The number of hydrogen-bond acceptors (Lipinski definition) is 4. The van der Waals surface area contributed by atoms with Crippen LogP contribution in [0.2, 0.25) is 0 Å². The fourth-order valence-electron chi connectivity index (χ4n) is 2.10. The van der Waals surface area contributed by atoms with Gasteiger partial charge in [0.1, 0.15) is 5.01 Å². The van der Waals surface area contributed by atoms with E-state index in [0.29, 0.717) is 12.5 Å². The Hall–Kier alpha value is -0.940. The Morgan fingerprint density at radius 2 is 2.20 bits per heavy atom. The molecular weight excluding hydrogens is 294 g/mol. The maximum absolute atomic E-state index is 5.80. The van der Waals surface area contributed by atoms with Gasteiger partial charge in [-0.05, 0) is 12.0 Å². The smallest absolute Gasteiger partial charge is 0.123 e. The van der Waals surface area contributed by atoms with Gasteiger partial charge in [0.05, 0.1) is 30.9 Å². The Kier molecular flexibility index (Phi) is 4.68. The summed E-state index contributed by atoms with van der Waals surface area (Å²) in [5.41, 5.74) is 3.23. The molecule has 1 unspecified atom stereocenters. The van der Waals surface area contributed by atoms with Gasteiger partial charge < -0.3 is 9.47 Å². The quantitative estimate of drug-likeness (QED) is 0.786. The highest BCUT2D eigenvalue weighted by molar-refractivity contribution is 7.13. The molecule has 1 fully saturated rings. The Morgan fingerprint density at radius 3 is 2.85 bits per heavy atom. The standard InChI is InChI=1S/C15H16ClNO2S/c16-7-13-10-20-15(17-13)12-3-1-11(2-4-12)8-19-14-5-6-18-9-14/h1-4,10,14H,5-9H2. The summed E-state index contributed by atoms with van der Waals surface area (Å²) < 4.78 is 11.1. The first-order valence-corrected chi connectivity index (χ1v) is 8.05. The Bertz CT molecular complexity index is 549. The molecule has 0 amide bonds. The van der Waals surface area contributed by atoms with E-state index >= 15 is 0 Å². The first-order chi connectivity index (χ1) is 9.85. The zero-order valence-electron chi connectivity index (χ0n) is 11.0. The number of aromatic nitrogens is 1. The van der Waals surface area contributed by atoms with E-state index in [-0.39, 0.29) is 6.10 Å². The van der Waals surface area contributed by atoms with Crippen molar-refractivity contribution in [3.8, 4) is 10.6 Å². The van der Waals surface area contributed by atoms with Crippen LogP contribution in [0.15, 0.2) is 29.6 Å². The minimum atomic E-state index is 0.250. The molecule has 0 radical (unpaired) electrons. The van der Waals surface area contributed by atoms with Crippen LogP contribution in [-0.2, 0) is 22.0 Å². The summed E-state index contributed by atoms with van der Waals surface area (Å²) in [6, 6.07) is 8.35. The maximum atomic E-state index is 5.80. The minimum Gasteiger partial charge on any atom is -0.379 e. The number of rotatable bonds is 5. The molecule has 0 saturated carbocycles. The fraction of sp³-hybridized carbons (Fsp3) is 0.400. The predicted octanol–water partition coefficient (Wildman–Crippen LogP) is 3.85. The molecule has 1 saturated heterocycles. The van der Waals surface area contributed by atoms with Crippen LogP contribution in [0.5, 0.6) is 0 Å². The zero-order chi connectivity index (χ0) is 13.8. The Morgan fingerprint density at radius 1 is 1.35 bits per heavy atom. The lowest BCUT2D eigenvalue weighted by molar-refractivity contribution is 0.0317. The van der Waals surface area contributed by atoms with Gasteiger partial charge in [0, 0.05) is 17.6 Å². The van der Waals surface area contributed by atoms with E-state index in [4.69, 9.17) is 21.1 Å². The van der Waals surface area contributed by atoms with Gasteiger partial charge >= 0.3 is 0 Å². The molecule has 20 heavy (non-hydrogen) atoms. The molecule has 1 aliphatic heterocycles. The molecule has 1 aromatic heterocycles. The van der Waals surface area contributed by atoms with Crippen molar-refractivity contribution in [3.05, 3.63) is 40.9 Å². The average molecular weight is 310 g/mol. The van der Waals surface area contributed by atoms with Gasteiger partial charge in [-0.2, -0.15) is 0 Å². The fourth-order valence-corrected chi connectivity index (χ4v) is 3.16. The number of hydrogen-bond donors (Lipinski definition) is 0. The highest BCUT2D eigenvalue weighted by Crippen LogP contribution is 2.25. The van der Waals surface area contributed by atoms with E-state index in [1.165, 1.54) is 5.56 Å². The van der Waals surface area contributed by atoms with Crippen molar-refractivity contribution >= 4 is 22.9 Å². The number of nitrogens with zero attached hydrogens (tertiary/aromatic N) is 1. The van der Waals surface area contributed by atoms with E-state index in [0.717, 1.165) is 35.9 Å². The second-order valence-corrected chi connectivity index (χ2v) is 5.90. The summed E-state index contributed by atoms with van der Waals surface area (Å²) in [7, 11) is 0. The van der Waals surface area contributed by atoms with Gasteiger partial charge in [-0.1, -0.05) is 24.3 Å². The van der Waals surface area contributed by atoms with E-state index in [9.17, 15) is 0 Å². The van der Waals surface area contributed by atoms with Gasteiger partial charge in [-0.15, -0.1) is 22.9 Å². The van der Waals surface area contributed by atoms with E-state index in [1.54, 1.807) is 11.3 Å². The summed E-state index contributed by atoms with van der Waals surface area (Å²) in [6.07, 6.45) is 1.25. The molecule has 1 aromatic carbocycles. The van der Waals surface area contributed by atoms with Crippen LogP contribution in [0.25, 0.3) is 10.6 Å². The van der Waals surface area contributed by atoms with Crippen molar-refractivity contribution in [2.75, 3.05) is 13.2 Å². The lowest BCUT2D eigenvalue weighted by Gasteiger charge is -2.09. The molecule has 0 spiro atoms. The highest BCUT2D eigenvalue weighted by atomic mass is 35.5. The molecular formula is C15H16ClNO2S. The number of ether oxygens (including phenoxy) is 2. The van der Waals surface area contributed by atoms with Crippen LogP contribution in [0, 0.1) is 0 Å². The summed E-state index contributed by atoms with van der Waals surface area (Å²) in [5.74, 6) is 0.464. The number of halogens is 1. The topological polar surface area (TPSA) is 31.4 Å². The third-order valence-electron chi connectivity index (χ3n) is 3.26. The Labute approximate surface area is 127 Å². The summed E-state index contributed by atoms with van der Waals surface area (Å²) >= 11 is 7.40. The number of benzene rings is 1. The van der Waals surface area contributed by atoms with Crippen LogP contribution in [0.3, 0.4) is 0 Å². The normalized spacial score (nSPS) is 18.6. The average Bonchev–Trinajstić information content (AvgIpc) is 3.17. The van der Waals surface area contributed by atoms with Gasteiger partial charge in [0.15, 0.2) is 0 Å². The van der Waals surface area contributed by atoms with E-state index < -0.39 is 0 Å². The van der Waals surface area contributed by atoms with Crippen molar-refractivity contribution < 1.29 is 9.47 Å². The Balaban J connectivity index is 1.61. The number of thiazole rings is 1. The second kappa shape index (κ2) is 6.68. The lowest BCUT2D eigenvalue weighted by Crippen LogP contribution is -2.11. The predicted molar refractivity (Wildman–Crippen MR) is 81.1 cm³/mol. The molecule has 3 rings (SSSR count). The summed E-state index contributed by atoms with van der Waals surface area (Å²) in [6.45, 7) is 2.17. The van der Waals surface area contributed by atoms with Gasteiger partial charge in [0.2, 0.25) is 0 Å². The molecule has 1 aliphatic rings. The second-order valence-electron chi connectivity index (χ2n) is 4.77. The van der Waals surface area contributed by atoms with Crippen molar-refractivity contribution in [1.29, 1.82) is 0 Å². The van der Waals surface area contributed by atoms with Crippen LogP contribution in [-0.4, -0.2) is 24.3 Å². The third kappa shape index (κ3) is 3.38. The lowest BCUT2D eigenvalue weighted by atomic mass is 10.1. The van der Waals surface area contributed by atoms with Crippen LogP contribution >= 0.6 is 22.9 Å². The summed E-state index contributed by atoms with van der Waals surface area (Å²) in [5, 5.41) is 3.01. The monoisotopic (exact) mass is 309 g/mol. The molecule has 0 bridgehead atoms. The first-order valence-electron chi connectivity index (χ1n) is 6.64. The maximum Gasteiger partial charge on any atom is 0.123 e. The summed E-state index contributed by atoms with van der Waals surface area (Å²) in [4.78, 5) is 4.48. The van der Waals surface area contributed by atoms with Crippen molar-refractivity contribution in [3.63, 3.8) is 0 Å². The third-order valence-corrected chi connectivity index (χ3v) is 4.48. The van der Waals surface area contributed by atoms with Crippen molar-refractivity contribution in [2.45, 2.75) is 25.0 Å². The molecule has 2 aromatic rings. The van der Waals surface area contributed by atoms with Crippen LogP contribution in [0.1, 0.15) is 17.7 Å². The van der Waals surface area contributed by atoms with Crippen LogP contribution < -0.4 is 0 Å². The molecule has 0 N–H and O–H groups in total. The minimum absolute atomic E-state index is 0.250. The van der Waals surface area contributed by atoms with E-state index in [1.807, 2.05) is 5.38 Å². The molecule has 5 heteroatoms. The van der Waals surface area contributed by atoms with Crippen molar-refractivity contribution in [1.82, 2.24) is 4.98 Å². The van der Waals surface area contributed by atoms with Crippen LogP contribution in [0.4, 0.5) is 0 Å². The molecule has 1 atom stereocenters. The van der Waals surface area contributed by atoms with Gasteiger partial charge in [-0.25, -0.2) is 4.98 Å². The van der Waals surface area contributed by atoms with E-state index in [2.05, 4.69) is 29.2 Å². The SMILES string of the molecule is ClCc1csc(-c2ccc(COC3CCOC3)cc2)n1. The highest BCUT2D eigenvalue weighted by Gasteiger charge is 2.15. The zero-order valence-corrected chi connectivity index (χ0v) is 12.6. The molecule has 2 heterocycles. The first kappa shape index (κ1) is 14.0. The van der Waals surface area contributed by atoms with Gasteiger partial charge in [0.25, 0.3) is 0 Å².